The van der Waals surface area contributed by atoms with Crippen molar-refractivity contribution < 1.29 is 4.79 Å². The van der Waals surface area contributed by atoms with Gasteiger partial charge in [0.25, 0.3) is 5.56 Å². The van der Waals surface area contributed by atoms with Crippen molar-refractivity contribution in [3.63, 3.8) is 0 Å². The van der Waals surface area contributed by atoms with Gasteiger partial charge in [0.15, 0.2) is 0 Å². The lowest BCUT2D eigenvalue weighted by molar-refractivity contribution is -0.119. The topological polar surface area (TPSA) is 81.2 Å². The van der Waals surface area contributed by atoms with Crippen LogP contribution >= 0.6 is 0 Å². The summed E-state index contributed by atoms with van der Waals surface area (Å²) in [5.74, 6) is -0.231. The number of amides is 1. The SMILES string of the molecule is CN(C(=O)Cn1ncccc1=O)c1ccc(N)cc1. The second kappa shape index (κ2) is 5.34. The zero-order valence-corrected chi connectivity index (χ0v) is 10.5. The number of nitrogens with zero attached hydrogens (tertiary/aromatic N) is 3. The Labute approximate surface area is 110 Å². The molecule has 1 amide bonds. The van der Waals surface area contributed by atoms with Crippen molar-refractivity contribution >= 4 is 17.3 Å². The Bertz CT molecular complexity index is 634. The van der Waals surface area contributed by atoms with Crippen LogP contribution in [0.1, 0.15) is 0 Å². The Balaban J connectivity index is 2.14. The van der Waals surface area contributed by atoms with Gasteiger partial charge in [-0.3, -0.25) is 9.59 Å². The van der Waals surface area contributed by atoms with Crippen LogP contribution in [0.2, 0.25) is 0 Å². The summed E-state index contributed by atoms with van der Waals surface area (Å²) in [6, 6.07) is 9.82. The van der Waals surface area contributed by atoms with E-state index in [1.807, 2.05) is 0 Å². The van der Waals surface area contributed by atoms with Crippen LogP contribution in [0.4, 0.5) is 11.4 Å². The molecule has 0 fully saturated rings. The molecule has 0 unspecified atom stereocenters. The molecule has 6 nitrogen and oxygen atoms in total. The van der Waals surface area contributed by atoms with E-state index < -0.39 is 0 Å². The zero-order chi connectivity index (χ0) is 13.8. The molecule has 0 spiro atoms. The monoisotopic (exact) mass is 258 g/mol. The number of benzene rings is 1. The summed E-state index contributed by atoms with van der Waals surface area (Å²) in [5.41, 5.74) is 6.62. The first-order valence-electron chi connectivity index (χ1n) is 5.72. The second-order valence-corrected chi connectivity index (χ2v) is 4.06. The van der Waals surface area contributed by atoms with Crippen molar-refractivity contribution in [1.29, 1.82) is 0 Å². The lowest BCUT2D eigenvalue weighted by atomic mass is 10.2. The van der Waals surface area contributed by atoms with E-state index in [0.29, 0.717) is 11.4 Å². The van der Waals surface area contributed by atoms with E-state index in [-0.39, 0.29) is 18.0 Å². The average Bonchev–Trinajstić information content (AvgIpc) is 2.41. The molecule has 0 radical (unpaired) electrons. The molecule has 98 valence electrons. The highest BCUT2D eigenvalue weighted by Gasteiger charge is 2.12. The third-order valence-electron chi connectivity index (χ3n) is 2.72. The van der Waals surface area contributed by atoms with Gasteiger partial charge in [-0.1, -0.05) is 0 Å². The normalized spacial score (nSPS) is 10.2. The largest absolute Gasteiger partial charge is 0.399 e. The Morgan fingerprint density at radius 1 is 1.32 bits per heavy atom. The molecule has 19 heavy (non-hydrogen) atoms. The molecule has 0 saturated carbocycles. The van der Waals surface area contributed by atoms with Crippen molar-refractivity contribution in [2.75, 3.05) is 17.7 Å². The Kier molecular flexibility index (Phi) is 3.61. The molecule has 0 aliphatic rings. The van der Waals surface area contributed by atoms with E-state index in [1.165, 1.54) is 23.2 Å². The van der Waals surface area contributed by atoms with Gasteiger partial charge in [-0.05, 0) is 30.3 Å². The molecule has 6 heteroatoms. The number of hydrogen-bond acceptors (Lipinski definition) is 4. The molecule has 0 saturated heterocycles. The number of nitrogen functional groups attached to an aromatic ring is 1. The van der Waals surface area contributed by atoms with E-state index in [2.05, 4.69) is 5.10 Å². The number of carbonyl (C=O) groups excluding carboxylic acids is 1. The van der Waals surface area contributed by atoms with Crippen LogP contribution in [-0.4, -0.2) is 22.7 Å². The van der Waals surface area contributed by atoms with Crippen LogP contribution in [0.15, 0.2) is 47.4 Å². The van der Waals surface area contributed by atoms with Crippen molar-refractivity contribution in [2.24, 2.45) is 0 Å². The lowest BCUT2D eigenvalue weighted by Gasteiger charge is -2.17. The molecule has 0 bridgehead atoms. The molecule has 2 N–H and O–H groups in total. The first-order chi connectivity index (χ1) is 9.08. The molecule has 1 heterocycles. The minimum atomic E-state index is -0.304. The summed E-state index contributed by atoms with van der Waals surface area (Å²) in [6.07, 6.45) is 1.47. The molecule has 2 aromatic rings. The van der Waals surface area contributed by atoms with E-state index >= 15 is 0 Å². The molecule has 1 aromatic heterocycles. The van der Waals surface area contributed by atoms with E-state index in [9.17, 15) is 9.59 Å². The predicted octanol–water partition coefficient (Wildman–Crippen LogP) is 0.488. The van der Waals surface area contributed by atoms with Crippen LogP contribution in [0.3, 0.4) is 0 Å². The van der Waals surface area contributed by atoms with Crippen LogP contribution < -0.4 is 16.2 Å². The lowest BCUT2D eigenvalue weighted by Crippen LogP contribution is -2.34. The number of anilines is 2. The van der Waals surface area contributed by atoms with Gasteiger partial charge < -0.3 is 10.6 Å². The van der Waals surface area contributed by atoms with Gasteiger partial charge in [0.2, 0.25) is 5.91 Å². The number of hydrogen-bond donors (Lipinski definition) is 1. The summed E-state index contributed by atoms with van der Waals surface area (Å²) >= 11 is 0. The highest BCUT2D eigenvalue weighted by atomic mass is 16.2. The summed E-state index contributed by atoms with van der Waals surface area (Å²) in [6.45, 7) is -0.0967. The fourth-order valence-electron chi connectivity index (χ4n) is 1.58. The fraction of sp³-hybridized carbons (Fsp3) is 0.154. The molecule has 0 aliphatic carbocycles. The van der Waals surface area contributed by atoms with E-state index in [0.717, 1.165) is 4.68 Å². The van der Waals surface area contributed by atoms with Crippen molar-refractivity contribution in [2.45, 2.75) is 6.54 Å². The number of carbonyl (C=O) groups is 1. The van der Waals surface area contributed by atoms with Crippen LogP contribution in [0.25, 0.3) is 0 Å². The number of rotatable bonds is 3. The number of aromatic nitrogens is 2. The van der Waals surface area contributed by atoms with Crippen molar-refractivity contribution in [3.8, 4) is 0 Å². The molecular weight excluding hydrogens is 244 g/mol. The summed E-state index contributed by atoms with van der Waals surface area (Å²) in [5, 5.41) is 3.85. The van der Waals surface area contributed by atoms with Crippen LogP contribution in [0, 0.1) is 0 Å². The quantitative estimate of drug-likeness (QED) is 0.812. The standard InChI is InChI=1S/C13H14N4O2/c1-16(11-6-4-10(14)5-7-11)13(19)9-17-12(18)3-2-8-15-17/h2-8H,9,14H2,1H3. The molecule has 0 atom stereocenters. The fourth-order valence-corrected chi connectivity index (χ4v) is 1.58. The zero-order valence-electron chi connectivity index (χ0n) is 10.5. The number of nitrogens with two attached hydrogens (primary N) is 1. The first kappa shape index (κ1) is 12.8. The van der Waals surface area contributed by atoms with Gasteiger partial charge in [-0.25, -0.2) is 4.68 Å². The van der Waals surface area contributed by atoms with E-state index in [4.69, 9.17) is 5.73 Å². The molecular formula is C13H14N4O2. The second-order valence-electron chi connectivity index (χ2n) is 4.06. The maximum absolute atomic E-state index is 12.0. The Hall–Kier alpha value is -2.63. The maximum atomic E-state index is 12.0. The minimum absolute atomic E-state index is 0.0967. The van der Waals surface area contributed by atoms with E-state index in [1.54, 1.807) is 31.3 Å². The van der Waals surface area contributed by atoms with Gasteiger partial charge in [0, 0.05) is 30.7 Å². The average molecular weight is 258 g/mol. The molecule has 2 rings (SSSR count). The Morgan fingerprint density at radius 3 is 2.63 bits per heavy atom. The highest BCUT2D eigenvalue weighted by molar-refractivity contribution is 5.92. The maximum Gasteiger partial charge on any atom is 0.267 e. The van der Waals surface area contributed by atoms with Gasteiger partial charge in [-0.2, -0.15) is 5.10 Å². The summed E-state index contributed by atoms with van der Waals surface area (Å²) in [7, 11) is 1.64. The first-order valence-corrected chi connectivity index (χ1v) is 5.72. The summed E-state index contributed by atoms with van der Waals surface area (Å²) < 4.78 is 1.12. The minimum Gasteiger partial charge on any atom is -0.399 e. The van der Waals surface area contributed by atoms with Gasteiger partial charge >= 0.3 is 0 Å². The van der Waals surface area contributed by atoms with Gasteiger partial charge in [0.05, 0.1) is 0 Å². The molecule has 1 aromatic carbocycles. The smallest absolute Gasteiger partial charge is 0.267 e. The Morgan fingerprint density at radius 2 is 2.00 bits per heavy atom. The third kappa shape index (κ3) is 2.98. The van der Waals surface area contributed by atoms with Gasteiger partial charge in [-0.15, -0.1) is 0 Å². The predicted molar refractivity (Wildman–Crippen MR) is 72.8 cm³/mol. The molecule has 0 aliphatic heterocycles. The van der Waals surface area contributed by atoms with Gasteiger partial charge in [0.1, 0.15) is 6.54 Å². The van der Waals surface area contributed by atoms with Crippen molar-refractivity contribution in [3.05, 3.63) is 52.9 Å². The highest BCUT2D eigenvalue weighted by Crippen LogP contribution is 2.14. The third-order valence-corrected chi connectivity index (χ3v) is 2.72. The van der Waals surface area contributed by atoms with Crippen LogP contribution in [-0.2, 0) is 11.3 Å². The summed E-state index contributed by atoms with van der Waals surface area (Å²) in [4.78, 5) is 25.0. The number of likely N-dealkylation sites (N-methyl/N-ethyl adjacent to an activating group) is 1. The van der Waals surface area contributed by atoms with Crippen LogP contribution in [0.5, 0.6) is 0 Å². The van der Waals surface area contributed by atoms with Crippen molar-refractivity contribution in [1.82, 2.24) is 9.78 Å².